The topological polar surface area (TPSA) is 71.2 Å². The summed E-state index contributed by atoms with van der Waals surface area (Å²) in [5.41, 5.74) is 8.57. The molecule has 1 aromatic heterocycles. The van der Waals surface area contributed by atoms with E-state index >= 15 is 0 Å². The summed E-state index contributed by atoms with van der Waals surface area (Å²) in [7, 11) is 0. The Morgan fingerprint density at radius 3 is 2.95 bits per heavy atom. The molecule has 1 aliphatic heterocycles. The number of anilines is 1. The van der Waals surface area contributed by atoms with Crippen LogP contribution in [-0.4, -0.2) is 36.6 Å². The van der Waals surface area contributed by atoms with Crippen molar-refractivity contribution in [1.29, 1.82) is 0 Å². The quantitative estimate of drug-likeness (QED) is 0.874. The van der Waals surface area contributed by atoms with Crippen molar-refractivity contribution in [2.24, 2.45) is 5.73 Å². The molecule has 5 heteroatoms. The standard InChI is InChI=1S/C16H24N4O/c1-2-20(12-7-8-18-10-12)16-13(15(17)21)9-11-5-3-4-6-14(11)19-16/h9,12,18H,2-8,10H2,1H3,(H2,17,21). The summed E-state index contributed by atoms with van der Waals surface area (Å²) in [5.74, 6) is 0.426. The van der Waals surface area contributed by atoms with Crippen molar-refractivity contribution in [2.75, 3.05) is 24.5 Å². The maximum Gasteiger partial charge on any atom is 0.252 e. The number of nitrogens with one attached hydrogen (secondary N) is 1. The van der Waals surface area contributed by atoms with E-state index in [1.807, 2.05) is 6.07 Å². The van der Waals surface area contributed by atoms with Crippen molar-refractivity contribution >= 4 is 11.7 Å². The molecule has 114 valence electrons. The van der Waals surface area contributed by atoms with Crippen LogP contribution in [0.5, 0.6) is 0 Å². The Hall–Kier alpha value is -1.62. The lowest BCUT2D eigenvalue weighted by Gasteiger charge is -2.31. The van der Waals surface area contributed by atoms with E-state index in [-0.39, 0.29) is 5.91 Å². The largest absolute Gasteiger partial charge is 0.365 e. The predicted molar refractivity (Wildman–Crippen MR) is 83.7 cm³/mol. The molecule has 1 aliphatic carbocycles. The van der Waals surface area contributed by atoms with Crippen LogP contribution in [0.15, 0.2) is 6.07 Å². The maximum atomic E-state index is 11.9. The van der Waals surface area contributed by atoms with Crippen LogP contribution < -0.4 is 16.0 Å². The van der Waals surface area contributed by atoms with Gasteiger partial charge in [-0.2, -0.15) is 0 Å². The number of hydrogen-bond acceptors (Lipinski definition) is 4. The van der Waals surface area contributed by atoms with E-state index in [1.54, 1.807) is 0 Å². The van der Waals surface area contributed by atoms with Gasteiger partial charge in [-0.3, -0.25) is 4.79 Å². The average molecular weight is 288 g/mol. The molecule has 0 aromatic carbocycles. The normalized spacial score (nSPS) is 21.1. The third-order valence-electron chi connectivity index (χ3n) is 4.63. The highest BCUT2D eigenvalue weighted by molar-refractivity contribution is 5.98. The average Bonchev–Trinajstić information content (AvgIpc) is 3.01. The summed E-state index contributed by atoms with van der Waals surface area (Å²) in [6, 6.07) is 2.40. The van der Waals surface area contributed by atoms with Crippen molar-refractivity contribution < 1.29 is 4.79 Å². The number of carbonyl (C=O) groups excluding carboxylic acids is 1. The molecule has 2 heterocycles. The van der Waals surface area contributed by atoms with Crippen molar-refractivity contribution in [3.05, 3.63) is 22.9 Å². The minimum absolute atomic E-state index is 0.365. The molecule has 1 unspecified atom stereocenters. The number of hydrogen-bond donors (Lipinski definition) is 2. The van der Waals surface area contributed by atoms with Gasteiger partial charge >= 0.3 is 0 Å². The van der Waals surface area contributed by atoms with Crippen molar-refractivity contribution in [1.82, 2.24) is 10.3 Å². The van der Waals surface area contributed by atoms with E-state index in [4.69, 9.17) is 10.7 Å². The van der Waals surface area contributed by atoms with Crippen LogP contribution in [0.4, 0.5) is 5.82 Å². The van der Waals surface area contributed by atoms with E-state index in [9.17, 15) is 4.79 Å². The number of aromatic nitrogens is 1. The first-order chi connectivity index (χ1) is 10.2. The van der Waals surface area contributed by atoms with Crippen LogP contribution in [0.3, 0.4) is 0 Å². The SMILES string of the molecule is CCN(c1nc2c(cc1C(N)=O)CCCC2)C1CCNC1. The first-order valence-electron chi connectivity index (χ1n) is 8.00. The summed E-state index contributed by atoms with van der Waals surface area (Å²) < 4.78 is 0. The number of amides is 1. The third-order valence-corrected chi connectivity index (χ3v) is 4.63. The zero-order valence-electron chi connectivity index (χ0n) is 12.7. The second kappa shape index (κ2) is 6.02. The Bertz CT molecular complexity index is 537. The smallest absolute Gasteiger partial charge is 0.252 e. The van der Waals surface area contributed by atoms with Crippen molar-refractivity contribution in [3.63, 3.8) is 0 Å². The molecule has 0 spiro atoms. The number of rotatable bonds is 4. The van der Waals surface area contributed by atoms with Crippen LogP contribution in [0.25, 0.3) is 0 Å². The third kappa shape index (κ3) is 2.75. The van der Waals surface area contributed by atoms with Gasteiger partial charge in [0.05, 0.1) is 5.56 Å². The van der Waals surface area contributed by atoms with E-state index in [0.29, 0.717) is 11.6 Å². The molecule has 1 atom stereocenters. The van der Waals surface area contributed by atoms with E-state index < -0.39 is 0 Å². The first kappa shape index (κ1) is 14.3. The summed E-state index contributed by atoms with van der Waals surface area (Å²) in [5, 5.41) is 3.38. The highest BCUT2D eigenvalue weighted by atomic mass is 16.1. The van der Waals surface area contributed by atoms with Crippen molar-refractivity contribution in [3.8, 4) is 0 Å². The van der Waals surface area contributed by atoms with E-state index in [2.05, 4.69) is 17.1 Å². The van der Waals surface area contributed by atoms with Crippen LogP contribution in [0.2, 0.25) is 0 Å². The fourth-order valence-electron chi connectivity index (χ4n) is 3.51. The highest BCUT2D eigenvalue weighted by Crippen LogP contribution is 2.28. The molecular weight excluding hydrogens is 264 g/mol. The number of carbonyl (C=O) groups is 1. The van der Waals surface area contributed by atoms with E-state index in [1.165, 1.54) is 18.4 Å². The lowest BCUT2D eigenvalue weighted by molar-refractivity contribution is 0.1000. The monoisotopic (exact) mass is 288 g/mol. The molecule has 0 radical (unpaired) electrons. The number of nitrogens with two attached hydrogens (primary N) is 1. The Balaban J connectivity index is 2.03. The minimum Gasteiger partial charge on any atom is -0.365 e. The first-order valence-corrected chi connectivity index (χ1v) is 8.00. The van der Waals surface area contributed by atoms with E-state index in [0.717, 1.165) is 50.4 Å². The number of aryl methyl sites for hydroxylation is 2. The zero-order chi connectivity index (χ0) is 14.8. The number of primary amides is 1. The molecular formula is C16H24N4O. The lowest BCUT2D eigenvalue weighted by atomic mass is 9.94. The lowest BCUT2D eigenvalue weighted by Crippen LogP contribution is -2.39. The molecule has 3 N–H and O–H groups in total. The van der Waals surface area contributed by atoms with Gasteiger partial charge in [-0.15, -0.1) is 0 Å². The molecule has 1 saturated heterocycles. The maximum absolute atomic E-state index is 11.9. The Morgan fingerprint density at radius 2 is 2.29 bits per heavy atom. The molecule has 1 fully saturated rings. The molecule has 0 saturated carbocycles. The fraction of sp³-hybridized carbons (Fsp3) is 0.625. The van der Waals surface area contributed by atoms with Gasteiger partial charge in [-0.1, -0.05) is 0 Å². The molecule has 1 amide bonds. The van der Waals surface area contributed by atoms with Gasteiger partial charge in [-0.25, -0.2) is 4.98 Å². The highest BCUT2D eigenvalue weighted by Gasteiger charge is 2.27. The Labute approximate surface area is 125 Å². The molecule has 5 nitrogen and oxygen atoms in total. The summed E-state index contributed by atoms with van der Waals surface area (Å²) >= 11 is 0. The Kier molecular flexibility index (Phi) is 4.10. The summed E-state index contributed by atoms with van der Waals surface area (Å²) in [6.45, 7) is 4.94. The van der Waals surface area contributed by atoms with Gasteiger partial charge in [-0.05, 0) is 57.2 Å². The predicted octanol–water partition coefficient (Wildman–Crippen LogP) is 1.25. The number of nitrogens with zero attached hydrogens (tertiary/aromatic N) is 2. The molecule has 0 bridgehead atoms. The molecule has 3 rings (SSSR count). The van der Waals surface area contributed by atoms with Crippen LogP contribution in [-0.2, 0) is 12.8 Å². The second-order valence-corrected chi connectivity index (χ2v) is 5.97. The number of likely N-dealkylation sites (N-methyl/N-ethyl adjacent to an activating group) is 1. The van der Waals surface area contributed by atoms with Crippen molar-refractivity contribution in [2.45, 2.75) is 45.1 Å². The van der Waals surface area contributed by atoms with Gasteiger partial charge in [0.15, 0.2) is 0 Å². The van der Waals surface area contributed by atoms with Crippen LogP contribution in [0, 0.1) is 0 Å². The second-order valence-electron chi connectivity index (χ2n) is 5.97. The van der Waals surface area contributed by atoms with Crippen LogP contribution in [0.1, 0.15) is 47.8 Å². The van der Waals surface area contributed by atoms with Gasteiger partial charge in [0.25, 0.3) is 5.91 Å². The molecule has 1 aromatic rings. The summed E-state index contributed by atoms with van der Waals surface area (Å²) in [6.07, 6.45) is 5.48. The fourth-order valence-corrected chi connectivity index (χ4v) is 3.51. The van der Waals surface area contributed by atoms with Gasteiger partial charge in [0, 0.05) is 24.8 Å². The minimum atomic E-state index is -0.365. The van der Waals surface area contributed by atoms with Gasteiger partial charge in [0.2, 0.25) is 0 Å². The van der Waals surface area contributed by atoms with Gasteiger partial charge < -0.3 is 16.0 Å². The number of fused-ring (bicyclic) bond motifs is 1. The Morgan fingerprint density at radius 1 is 1.48 bits per heavy atom. The zero-order valence-corrected chi connectivity index (χ0v) is 12.7. The van der Waals surface area contributed by atoms with Gasteiger partial charge in [0.1, 0.15) is 5.82 Å². The molecule has 21 heavy (non-hydrogen) atoms. The van der Waals surface area contributed by atoms with Crippen LogP contribution >= 0.6 is 0 Å². The number of pyridine rings is 1. The molecule has 2 aliphatic rings. The summed E-state index contributed by atoms with van der Waals surface area (Å²) in [4.78, 5) is 19.0.